The van der Waals surface area contributed by atoms with Gasteiger partial charge in [0.1, 0.15) is 5.75 Å². The summed E-state index contributed by atoms with van der Waals surface area (Å²) in [5, 5.41) is 2.80. The lowest BCUT2D eigenvalue weighted by atomic mass is 10.2. The van der Waals surface area contributed by atoms with Gasteiger partial charge in [-0.15, -0.1) is 0 Å². The average molecular weight is 401 g/mol. The Bertz CT molecular complexity index is 639. The largest absolute Gasteiger partial charge is 0.494 e. The maximum Gasteiger partial charge on any atom is 0.259 e. The first kappa shape index (κ1) is 14.8. The van der Waals surface area contributed by atoms with Gasteiger partial charge in [0.05, 0.1) is 24.6 Å². The fourth-order valence-electron chi connectivity index (χ4n) is 1.62. The Kier molecular flexibility index (Phi) is 4.61. The topological polar surface area (TPSA) is 77.2 Å². The van der Waals surface area contributed by atoms with E-state index in [0.717, 1.165) is 0 Å². The zero-order chi connectivity index (χ0) is 14.7. The molecule has 1 aromatic heterocycles. The van der Waals surface area contributed by atoms with Crippen molar-refractivity contribution in [2.24, 2.45) is 0 Å². The van der Waals surface area contributed by atoms with Crippen molar-refractivity contribution in [2.75, 3.05) is 18.2 Å². The molecule has 0 spiro atoms. The Labute approximate surface area is 132 Å². The van der Waals surface area contributed by atoms with Gasteiger partial charge in [0, 0.05) is 20.8 Å². The maximum atomic E-state index is 12.3. The highest BCUT2D eigenvalue weighted by molar-refractivity contribution is 9.11. The molecule has 0 saturated carbocycles. The average Bonchev–Trinajstić information content (AvgIpc) is 2.42. The number of halogens is 2. The van der Waals surface area contributed by atoms with E-state index in [1.54, 1.807) is 18.2 Å². The third-order valence-electron chi connectivity index (χ3n) is 2.55. The van der Waals surface area contributed by atoms with Gasteiger partial charge in [-0.05, 0) is 50.1 Å². The lowest BCUT2D eigenvalue weighted by Gasteiger charge is -2.12. The van der Waals surface area contributed by atoms with Crippen molar-refractivity contribution in [1.29, 1.82) is 0 Å². The minimum atomic E-state index is -0.296. The van der Waals surface area contributed by atoms with Crippen molar-refractivity contribution in [3.8, 4) is 5.75 Å². The third kappa shape index (κ3) is 3.10. The summed E-state index contributed by atoms with van der Waals surface area (Å²) in [5.41, 5.74) is 7.30. The molecule has 2 aromatic rings. The molecule has 0 aliphatic rings. The molecule has 0 radical (unpaired) electrons. The number of nitrogen functional groups attached to an aromatic ring is 1. The summed E-state index contributed by atoms with van der Waals surface area (Å²) >= 11 is 6.73. The molecule has 0 aliphatic carbocycles. The highest BCUT2D eigenvalue weighted by Gasteiger charge is 2.15. The Hall–Kier alpha value is -1.60. The van der Waals surface area contributed by atoms with E-state index in [2.05, 4.69) is 42.2 Å². The van der Waals surface area contributed by atoms with E-state index >= 15 is 0 Å². The molecule has 5 nitrogen and oxygen atoms in total. The van der Waals surface area contributed by atoms with Crippen molar-refractivity contribution in [1.82, 2.24) is 4.98 Å². The lowest BCUT2D eigenvalue weighted by Crippen LogP contribution is -2.14. The molecule has 0 atom stereocenters. The van der Waals surface area contributed by atoms with E-state index < -0.39 is 0 Å². The molecule has 104 valence electrons. The zero-order valence-corrected chi connectivity index (χ0v) is 13.7. The second-order valence-electron chi connectivity index (χ2n) is 3.89. The molecule has 0 unspecified atom stereocenters. The van der Waals surface area contributed by atoms with Gasteiger partial charge in [-0.3, -0.25) is 9.78 Å². The fourth-order valence-corrected chi connectivity index (χ4v) is 3.04. The molecule has 20 heavy (non-hydrogen) atoms. The number of nitrogens with zero attached hydrogens (tertiary/aromatic N) is 1. The molecule has 1 heterocycles. The number of rotatable bonds is 3. The molecule has 3 N–H and O–H groups in total. The summed E-state index contributed by atoms with van der Waals surface area (Å²) < 4.78 is 6.49. The fraction of sp³-hybridized carbons (Fsp3) is 0.0769. The molecule has 0 saturated heterocycles. The van der Waals surface area contributed by atoms with Crippen LogP contribution in [0.5, 0.6) is 5.75 Å². The second kappa shape index (κ2) is 6.23. The quantitative estimate of drug-likeness (QED) is 0.773. The van der Waals surface area contributed by atoms with Crippen LogP contribution in [0.2, 0.25) is 0 Å². The van der Waals surface area contributed by atoms with Gasteiger partial charge < -0.3 is 15.8 Å². The first-order valence-corrected chi connectivity index (χ1v) is 7.15. The number of ether oxygens (including phenoxy) is 1. The predicted molar refractivity (Wildman–Crippen MR) is 85.0 cm³/mol. The van der Waals surface area contributed by atoms with Gasteiger partial charge in [-0.2, -0.15) is 0 Å². The molecule has 0 bridgehead atoms. The van der Waals surface area contributed by atoms with Crippen molar-refractivity contribution < 1.29 is 9.53 Å². The van der Waals surface area contributed by atoms with Crippen LogP contribution in [0.15, 0.2) is 39.5 Å². The van der Waals surface area contributed by atoms with E-state index in [1.165, 1.54) is 19.5 Å². The molecule has 1 aromatic carbocycles. The summed E-state index contributed by atoms with van der Waals surface area (Å²) in [7, 11) is 1.49. The van der Waals surface area contributed by atoms with Crippen LogP contribution in [0.4, 0.5) is 11.4 Å². The predicted octanol–water partition coefficient (Wildman–Crippen LogP) is 3.45. The minimum absolute atomic E-state index is 0.296. The highest BCUT2D eigenvalue weighted by Crippen LogP contribution is 2.34. The van der Waals surface area contributed by atoms with Gasteiger partial charge in [0.15, 0.2) is 0 Å². The number of benzene rings is 1. The van der Waals surface area contributed by atoms with Crippen LogP contribution >= 0.6 is 31.9 Å². The monoisotopic (exact) mass is 399 g/mol. The summed E-state index contributed by atoms with van der Waals surface area (Å²) in [6, 6.07) is 5.02. The highest BCUT2D eigenvalue weighted by atomic mass is 79.9. The zero-order valence-electron chi connectivity index (χ0n) is 10.5. The maximum absolute atomic E-state index is 12.3. The van der Waals surface area contributed by atoms with Crippen molar-refractivity contribution in [2.45, 2.75) is 0 Å². The summed E-state index contributed by atoms with van der Waals surface area (Å²) in [6.45, 7) is 0. The van der Waals surface area contributed by atoms with E-state index in [9.17, 15) is 4.79 Å². The lowest BCUT2D eigenvalue weighted by molar-refractivity contribution is 0.102. The van der Waals surface area contributed by atoms with Crippen LogP contribution in [0.3, 0.4) is 0 Å². The van der Waals surface area contributed by atoms with Gasteiger partial charge >= 0.3 is 0 Å². The van der Waals surface area contributed by atoms with E-state index in [4.69, 9.17) is 10.5 Å². The van der Waals surface area contributed by atoms with Crippen molar-refractivity contribution in [3.05, 3.63) is 45.1 Å². The molecule has 2 rings (SSSR count). The normalized spacial score (nSPS) is 10.2. The summed E-state index contributed by atoms with van der Waals surface area (Å²) in [6.07, 6.45) is 3.02. The summed E-state index contributed by atoms with van der Waals surface area (Å²) in [5.74, 6) is 0.114. The number of aromatic nitrogens is 1. The van der Waals surface area contributed by atoms with Crippen LogP contribution in [0.25, 0.3) is 0 Å². The van der Waals surface area contributed by atoms with Crippen molar-refractivity contribution >= 4 is 49.1 Å². The number of hydrogen-bond donors (Lipinski definition) is 2. The van der Waals surface area contributed by atoms with Gasteiger partial charge in [-0.25, -0.2) is 0 Å². The van der Waals surface area contributed by atoms with E-state index in [0.29, 0.717) is 31.6 Å². The molecule has 1 amide bonds. The molecule has 7 heteroatoms. The first-order chi connectivity index (χ1) is 9.52. The molecule has 0 aliphatic heterocycles. The number of hydrogen-bond acceptors (Lipinski definition) is 4. The number of nitrogens with one attached hydrogen (secondary N) is 1. The van der Waals surface area contributed by atoms with Crippen LogP contribution < -0.4 is 15.8 Å². The van der Waals surface area contributed by atoms with E-state index in [-0.39, 0.29) is 5.91 Å². The van der Waals surface area contributed by atoms with Crippen LogP contribution in [-0.2, 0) is 0 Å². The Morgan fingerprint density at radius 1 is 1.35 bits per heavy atom. The Morgan fingerprint density at radius 3 is 2.60 bits per heavy atom. The number of nitrogens with two attached hydrogens (primary N) is 1. The SMILES string of the molecule is COc1cnccc1C(=O)Nc1c(Br)cc(N)cc1Br. The first-order valence-electron chi connectivity index (χ1n) is 5.56. The van der Waals surface area contributed by atoms with Gasteiger partial charge in [-0.1, -0.05) is 0 Å². The number of carbonyl (C=O) groups is 1. The third-order valence-corrected chi connectivity index (χ3v) is 3.80. The second-order valence-corrected chi connectivity index (χ2v) is 5.60. The number of carbonyl (C=O) groups excluding carboxylic acids is 1. The molecule has 0 fully saturated rings. The van der Waals surface area contributed by atoms with Gasteiger partial charge in [0.2, 0.25) is 0 Å². The smallest absolute Gasteiger partial charge is 0.259 e. The molecular weight excluding hydrogens is 390 g/mol. The number of anilines is 2. The molecular formula is C13H11Br2N3O2. The van der Waals surface area contributed by atoms with Crippen LogP contribution in [0.1, 0.15) is 10.4 Å². The van der Waals surface area contributed by atoms with Gasteiger partial charge in [0.25, 0.3) is 5.91 Å². The number of methoxy groups -OCH3 is 1. The Balaban J connectivity index is 2.33. The van der Waals surface area contributed by atoms with E-state index in [1.807, 2.05) is 0 Å². The summed E-state index contributed by atoms with van der Waals surface area (Å²) in [4.78, 5) is 16.2. The number of amides is 1. The number of pyridine rings is 1. The van der Waals surface area contributed by atoms with Crippen molar-refractivity contribution in [3.63, 3.8) is 0 Å². The van der Waals surface area contributed by atoms with Crippen LogP contribution in [0, 0.1) is 0 Å². The van der Waals surface area contributed by atoms with Crippen LogP contribution in [-0.4, -0.2) is 18.0 Å². The standard InChI is InChI=1S/C13H11Br2N3O2/c1-20-11-6-17-3-2-8(11)13(19)18-12-9(14)4-7(16)5-10(12)15/h2-6H,16H2,1H3,(H,18,19). The minimum Gasteiger partial charge on any atom is -0.494 e. The Morgan fingerprint density at radius 2 is 2.00 bits per heavy atom.